The quantitative estimate of drug-likeness (QED) is 0.154. The summed E-state index contributed by atoms with van der Waals surface area (Å²) in [5, 5.41) is 0. The lowest BCUT2D eigenvalue weighted by Crippen LogP contribution is -2.03. The van der Waals surface area contributed by atoms with E-state index in [4.69, 9.17) is 0 Å². The minimum atomic E-state index is -4.33. The number of carbonyl (C=O) groups excluding carboxylic acids is 1. The monoisotopic (exact) mass is 336 g/mol. The highest BCUT2D eigenvalue weighted by atomic mass is 31.2. The van der Waals surface area contributed by atoms with Crippen molar-refractivity contribution in [3.63, 3.8) is 0 Å². The predicted molar refractivity (Wildman–Crippen MR) is 85.0 cm³/mol. The fourth-order valence-electron chi connectivity index (χ4n) is 1.91. The maximum absolute atomic E-state index is 11.3. The zero-order valence-electron chi connectivity index (χ0n) is 13.5. The molecule has 22 heavy (non-hydrogen) atoms. The van der Waals surface area contributed by atoms with Crippen LogP contribution in [0.1, 0.15) is 71.1 Å². The van der Waals surface area contributed by atoms with Crippen LogP contribution in [0, 0.1) is 0 Å². The van der Waals surface area contributed by atoms with Crippen molar-refractivity contribution in [3.05, 3.63) is 12.7 Å². The lowest BCUT2D eigenvalue weighted by atomic mass is 10.1. The zero-order chi connectivity index (χ0) is 16.7. The van der Waals surface area contributed by atoms with Gasteiger partial charge in [0.2, 0.25) is 0 Å². The van der Waals surface area contributed by atoms with E-state index in [1.54, 1.807) is 0 Å². The van der Waals surface area contributed by atoms with E-state index in [2.05, 4.69) is 27.6 Å². The van der Waals surface area contributed by atoms with Crippen LogP contribution in [0.5, 0.6) is 0 Å². The van der Waals surface area contributed by atoms with Gasteiger partial charge in [0, 0.05) is 6.08 Å². The van der Waals surface area contributed by atoms with Crippen LogP contribution in [0.3, 0.4) is 0 Å². The first-order chi connectivity index (χ1) is 10.5. The van der Waals surface area contributed by atoms with Crippen molar-refractivity contribution in [2.75, 3.05) is 6.61 Å². The van der Waals surface area contributed by atoms with E-state index < -0.39 is 13.8 Å². The Morgan fingerprint density at radius 2 is 1.55 bits per heavy atom. The van der Waals surface area contributed by atoms with Crippen molar-refractivity contribution < 1.29 is 28.3 Å². The van der Waals surface area contributed by atoms with Crippen molar-refractivity contribution in [2.24, 2.45) is 0 Å². The van der Waals surface area contributed by atoms with Crippen molar-refractivity contribution in [2.45, 2.75) is 71.1 Å². The fraction of sp³-hybridized carbons (Fsp3) is 0.800. The first kappa shape index (κ1) is 21.3. The second kappa shape index (κ2) is 13.9. The highest BCUT2D eigenvalue weighted by Crippen LogP contribution is 2.43. The first-order valence-electron chi connectivity index (χ1n) is 8.02. The Morgan fingerprint density at radius 1 is 1.05 bits per heavy atom. The molecule has 0 saturated heterocycles. The summed E-state index contributed by atoms with van der Waals surface area (Å²) in [6.45, 7) is 5.43. The fourth-order valence-corrected chi connectivity index (χ4v) is 2.48. The molecule has 0 aliphatic rings. The second-order valence-electron chi connectivity index (χ2n) is 5.16. The van der Waals surface area contributed by atoms with Gasteiger partial charge in [-0.15, -0.1) is 0 Å². The molecule has 1 N–H and O–H groups in total. The van der Waals surface area contributed by atoms with Crippen LogP contribution in [0.2, 0.25) is 0 Å². The lowest BCUT2D eigenvalue weighted by Gasteiger charge is -2.09. The summed E-state index contributed by atoms with van der Waals surface area (Å²) in [7, 11) is -4.33. The standard InChI is InChI=1S/C15H29O6P/c1-3-5-6-7-8-9-10-11-12-13-14-19-22(17,18)21-20-15(16)4-2/h4H,2-3,5-14H2,1H3,(H,17,18). The largest absolute Gasteiger partial charge is 0.508 e. The molecule has 0 aromatic heterocycles. The molecule has 0 heterocycles. The number of phosphoric ester groups is 1. The van der Waals surface area contributed by atoms with Gasteiger partial charge in [-0.1, -0.05) is 76.0 Å². The summed E-state index contributed by atoms with van der Waals surface area (Å²) in [6, 6.07) is 0. The maximum Gasteiger partial charge on any atom is 0.508 e. The van der Waals surface area contributed by atoms with Crippen molar-refractivity contribution in [3.8, 4) is 0 Å². The van der Waals surface area contributed by atoms with Crippen molar-refractivity contribution in [1.29, 1.82) is 0 Å². The molecule has 0 aromatic rings. The van der Waals surface area contributed by atoms with Gasteiger partial charge in [0.05, 0.1) is 6.61 Å². The Hall–Kier alpha value is -0.680. The molecule has 0 rings (SSSR count). The molecule has 0 spiro atoms. The summed E-state index contributed by atoms with van der Waals surface area (Å²) in [4.78, 5) is 23.9. The van der Waals surface area contributed by atoms with E-state index in [0.29, 0.717) is 6.42 Å². The van der Waals surface area contributed by atoms with Crippen LogP contribution in [0.4, 0.5) is 0 Å². The number of unbranched alkanes of at least 4 members (excludes halogenated alkanes) is 9. The summed E-state index contributed by atoms with van der Waals surface area (Å²) < 4.78 is 20.0. The molecule has 0 fully saturated rings. The van der Waals surface area contributed by atoms with Crippen LogP contribution in [-0.2, 0) is 23.4 Å². The van der Waals surface area contributed by atoms with Crippen LogP contribution >= 0.6 is 7.82 Å². The molecular weight excluding hydrogens is 307 g/mol. The highest BCUT2D eigenvalue weighted by Gasteiger charge is 2.24. The summed E-state index contributed by atoms with van der Waals surface area (Å²) in [5.74, 6) is -0.947. The van der Waals surface area contributed by atoms with Crippen molar-refractivity contribution >= 4 is 13.8 Å². The highest BCUT2D eigenvalue weighted by molar-refractivity contribution is 7.47. The van der Waals surface area contributed by atoms with Gasteiger partial charge in [0.1, 0.15) is 0 Å². The average Bonchev–Trinajstić information content (AvgIpc) is 2.50. The molecule has 0 bridgehead atoms. The van der Waals surface area contributed by atoms with E-state index >= 15 is 0 Å². The molecule has 0 radical (unpaired) electrons. The van der Waals surface area contributed by atoms with Gasteiger partial charge >= 0.3 is 13.8 Å². The van der Waals surface area contributed by atoms with Crippen LogP contribution in [0.25, 0.3) is 0 Å². The van der Waals surface area contributed by atoms with E-state index in [-0.39, 0.29) is 6.61 Å². The van der Waals surface area contributed by atoms with E-state index in [1.165, 1.54) is 44.9 Å². The van der Waals surface area contributed by atoms with Gasteiger partial charge < -0.3 is 4.89 Å². The molecule has 130 valence electrons. The third kappa shape index (κ3) is 14.3. The molecule has 0 aliphatic heterocycles. The lowest BCUT2D eigenvalue weighted by molar-refractivity contribution is -0.217. The van der Waals surface area contributed by atoms with Crippen LogP contribution in [-0.4, -0.2) is 17.5 Å². The molecule has 7 heteroatoms. The zero-order valence-corrected chi connectivity index (χ0v) is 14.4. The number of hydrogen-bond donors (Lipinski definition) is 1. The van der Waals surface area contributed by atoms with E-state index in [1.807, 2.05) is 0 Å². The van der Waals surface area contributed by atoms with Gasteiger partial charge in [-0.3, -0.25) is 9.41 Å². The van der Waals surface area contributed by atoms with Crippen LogP contribution in [0.15, 0.2) is 12.7 Å². The van der Waals surface area contributed by atoms with Gasteiger partial charge in [0.25, 0.3) is 0 Å². The normalized spacial score (nSPS) is 13.5. The topological polar surface area (TPSA) is 82.1 Å². The van der Waals surface area contributed by atoms with Crippen LogP contribution < -0.4 is 0 Å². The third-order valence-corrected chi connectivity index (χ3v) is 3.90. The van der Waals surface area contributed by atoms with E-state index in [0.717, 1.165) is 18.9 Å². The minimum Gasteiger partial charge on any atom is -0.300 e. The summed E-state index contributed by atoms with van der Waals surface area (Å²) in [6.07, 6.45) is 12.4. The number of rotatable bonds is 15. The Bertz CT molecular complexity index is 345. The molecule has 0 aliphatic carbocycles. The first-order valence-corrected chi connectivity index (χ1v) is 9.51. The van der Waals surface area contributed by atoms with Gasteiger partial charge in [-0.05, 0) is 6.42 Å². The number of phosphoric acid groups is 1. The Balaban J connectivity index is 3.39. The molecular formula is C15H29O6P. The molecule has 1 atom stereocenters. The number of carbonyl (C=O) groups is 1. The van der Waals surface area contributed by atoms with Gasteiger partial charge in [0.15, 0.2) is 0 Å². The smallest absolute Gasteiger partial charge is 0.300 e. The average molecular weight is 336 g/mol. The molecule has 0 saturated carbocycles. The van der Waals surface area contributed by atoms with Crippen molar-refractivity contribution in [1.82, 2.24) is 0 Å². The minimum absolute atomic E-state index is 0.0932. The molecule has 1 unspecified atom stereocenters. The Morgan fingerprint density at radius 3 is 2.05 bits per heavy atom. The van der Waals surface area contributed by atoms with E-state index in [9.17, 15) is 14.3 Å². The van der Waals surface area contributed by atoms with Gasteiger partial charge in [-0.25, -0.2) is 9.36 Å². The van der Waals surface area contributed by atoms with Gasteiger partial charge in [-0.2, -0.15) is 0 Å². The number of hydrogen-bond acceptors (Lipinski definition) is 5. The molecule has 0 amide bonds. The Kier molecular flexibility index (Phi) is 13.5. The predicted octanol–water partition coefficient (Wildman–Crippen LogP) is 4.69. The summed E-state index contributed by atoms with van der Waals surface area (Å²) >= 11 is 0. The Labute approximate surface area is 133 Å². The third-order valence-electron chi connectivity index (χ3n) is 3.13. The molecule has 6 nitrogen and oxygen atoms in total. The maximum atomic E-state index is 11.3. The SMILES string of the molecule is C=CC(=O)OOP(=O)(O)OCCCCCCCCCCCC. The second-order valence-corrected chi connectivity index (χ2v) is 6.51. The molecule has 0 aromatic carbocycles. The summed E-state index contributed by atoms with van der Waals surface area (Å²) in [5.41, 5.74) is 0.